The summed E-state index contributed by atoms with van der Waals surface area (Å²) in [5.74, 6) is 0. The average molecular weight is 1820 g/mol. The second-order valence-electron chi connectivity index (χ2n) is 39.4. The lowest BCUT2D eigenvalue weighted by Crippen LogP contribution is -2.36. The van der Waals surface area contributed by atoms with Gasteiger partial charge in [0.1, 0.15) is 0 Å². The number of para-hydroxylation sites is 6. The maximum Gasteiger partial charge on any atom is 0.0755 e. The zero-order chi connectivity index (χ0) is 94.7. The van der Waals surface area contributed by atoms with Crippen molar-refractivity contribution in [2.45, 2.75) is 40.9 Å². The molecular formula is C139H96N4. The van der Waals surface area contributed by atoms with Gasteiger partial charge in [0.05, 0.1) is 55.8 Å². The molecule has 0 saturated heterocycles. The van der Waals surface area contributed by atoms with Gasteiger partial charge in [0.2, 0.25) is 0 Å². The fourth-order valence-electron chi connectivity index (χ4n) is 26.6. The molecule has 0 bridgehead atoms. The zero-order valence-corrected chi connectivity index (χ0v) is 79.3. The molecule has 0 unspecified atom stereocenters. The average Bonchev–Trinajstić information content (AvgIpc) is 1.52. The third-order valence-corrected chi connectivity index (χ3v) is 32.3. The molecule has 0 saturated carbocycles. The predicted molar refractivity (Wildman–Crippen MR) is 591 cm³/mol. The summed E-state index contributed by atoms with van der Waals surface area (Å²) in [6.07, 6.45) is 0. The van der Waals surface area contributed by atoms with Gasteiger partial charge < -0.3 is 19.6 Å². The fraction of sp³-hybridized carbons (Fsp3) is 0.0504. The first-order valence-corrected chi connectivity index (χ1v) is 50.0. The number of fused-ring (bicyclic) bond motifs is 27. The molecule has 2 heterocycles. The van der Waals surface area contributed by atoms with E-state index in [0.29, 0.717) is 0 Å². The van der Waals surface area contributed by atoms with E-state index in [1.807, 2.05) is 0 Å². The SMILES string of the molecule is CC1(C)c2ccccc2-c2ccc(N(c3ccc4c(c3)C(c3ccccc3)(c3ccccc3)c3ccccc3-4)c3cccc4c3-c3ccccc3C43c4ccccc4N(c4ccccc4)c4ccccc43)cc21.c1ccc(-c2ccc(N(c3ccc4c(c3)C(c3ccccc3)(c3ccccc3)c3ccccc3-4)c3cccc4c3-c3ccccc3C43c4ccccc4N(c4ccccc4)c4ccccc43)cc2)cc1. The van der Waals surface area contributed by atoms with Gasteiger partial charge in [0, 0.05) is 50.7 Å². The third-order valence-electron chi connectivity index (χ3n) is 32.3. The van der Waals surface area contributed by atoms with Crippen LogP contribution in [0.5, 0.6) is 0 Å². The van der Waals surface area contributed by atoms with Crippen LogP contribution >= 0.6 is 0 Å². The molecule has 22 aromatic carbocycles. The second-order valence-corrected chi connectivity index (χ2v) is 39.4. The lowest BCUT2D eigenvalue weighted by atomic mass is 9.64. The van der Waals surface area contributed by atoms with Crippen LogP contribution in [0.25, 0.3) is 66.8 Å². The summed E-state index contributed by atoms with van der Waals surface area (Å²) in [6.45, 7) is 4.78. The molecule has 5 aliphatic carbocycles. The molecule has 29 rings (SSSR count). The van der Waals surface area contributed by atoms with Crippen molar-refractivity contribution >= 4 is 68.2 Å². The molecule has 0 aromatic heterocycles. The van der Waals surface area contributed by atoms with Crippen molar-refractivity contribution < 1.29 is 0 Å². The molecule has 0 N–H and O–H groups in total. The highest BCUT2D eigenvalue weighted by atomic mass is 15.2. The number of benzene rings is 22. The van der Waals surface area contributed by atoms with E-state index in [9.17, 15) is 0 Å². The van der Waals surface area contributed by atoms with E-state index in [4.69, 9.17) is 0 Å². The van der Waals surface area contributed by atoms with Crippen molar-refractivity contribution in [2.75, 3.05) is 19.6 Å². The van der Waals surface area contributed by atoms with E-state index in [0.717, 1.165) is 45.5 Å². The van der Waals surface area contributed by atoms with Gasteiger partial charge in [-0.1, -0.05) is 451 Å². The Balaban J connectivity index is 0.000000140. The van der Waals surface area contributed by atoms with Gasteiger partial charge in [-0.3, -0.25) is 0 Å². The van der Waals surface area contributed by atoms with Crippen LogP contribution in [-0.4, -0.2) is 0 Å². The van der Waals surface area contributed by atoms with E-state index in [1.54, 1.807) is 0 Å². The maximum absolute atomic E-state index is 2.59. The molecule has 22 aromatic rings. The number of hydrogen-bond acceptors (Lipinski definition) is 4. The van der Waals surface area contributed by atoms with Crippen LogP contribution in [0.4, 0.5) is 68.2 Å². The lowest BCUT2D eigenvalue weighted by Gasteiger charge is -2.45. The van der Waals surface area contributed by atoms with E-state index in [-0.39, 0.29) is 5.41 Å². The molecule has 0 fully saturated rings. The second kappa shape index (κ2) is 32.6. The molecule has 672 valence electrons. The molecular weight excluding hydrogens is 1730 g/mol. The van der Waals surface area contributed by atoms with Crippen molar-refractivity contribution in [1.82, 2.24) is 0 Å². The Labute approximate surface area is 835 Å². The summed E-state index contributed by atoms with van der Waals surface area (Å²) in [6, 6.07) is 204. The Kier molecular flexibility index (Phi) is 19.0. The molecule has 2 spiro atoms. The summed E-state index contributed by atoms with van der Waals surface area (Å²) in [7, 11) is 0. The van der Waals surface area contributed by atoms with Gasteiger partial charge in [-0.15, -0.1) is 0 Å². The standard InChI is InChI=1S/C71H50N2.C68H46N2/c1-69(2)57-32-15-12-29-52(57)54-43-41-50(45-63(54)69)72(51-42-44-55-53-30-13-16-33-58(53)70(64(55)46-51,47-23-6-3-7-24-47)48-25-8-4-9-26-48)67-40-22-37-62-68(67)56-31-14-17-34-59(56)71(62)60-35-18-20-38-65(60)73(49-27-10-5-11-28-49)66-39-21-19-36-61(66)71;1-5-22-47(23-6-1)48-40-42-52(43-41-48)69(53-44-45-55-54-30-13-15-32-57(54)67(62(55)46-53,49-24-7-2-8-25-49)50-26-9-3-10-27-50)65-39-21-36-61-66(65)56-31-14-16-33-58(56)68(61)59-34-17-19-37-63(59)70(51-28-11-4-12-29-51)64-38-20-18-35-60(64)68/h3-46H,1-2H3;1-46H. The Morgan fingerprint density at radius 3 is 0.769 bits per heavy atom. The topological polar surface area (TPSA) is 13.0 Å². The van der Waals surface area contributed by atoms with Crippen LogP contribution in [0.2, 0.25) is 0 Å². The molecule has 4 heteroatoms. The van der Waals surface area contributed by atoms with Crippen molar-refractivity contribution in [1.29, 1.82) is 0 Å². The number of nitrogens with zero attached hydrogens (tertiary/aromatic N) is 4. The first kappa shape index (κ1) is 83.2. The fourth-order valence-corrected chi connectivity index (χ4v) is 26.6. The summed E-state index contributed by atoms with van der Waals surface area (Å²) in [4.78, 5) is 10.0. The van der Waals surface area contributed by atoms with Crippen molar-refractivity contribution in [3.63, 3.8) is 0 Å². The minimum atomic E-state index is -0.608. The van der Waals surface area contributed by atoms with Gasteiger partial charge in [0.25, 0.3) is 0 Å². The van der Waals surface area contributed by atoms with E-state index in [2.05, 4.69) is 579 Å². The molecule has 7 aliphatic rings. The summed E-state index contributed by atoms with van der Waals surface area (Å²) >= 11 is 0. The molecule has 4 nitrogen and oxygen atoms in total. The van der Waals surface area contributed by atoms with Gasteiger partial charge in [-0.25, -0.2) is 0 Å². The number of rotatable bonds is 13. The quantitative estimate of drug-likeness (QED) is 0.114. The van der Waals surface area contributed by atoms with Crippen LogP contribution in [0.3, 0.4) is 0 Å². The lowest BCUT2D eigenvalue weighted by molar-refractivity contribution is 0.660. The normalized spacial score (nSPS) is 14.5. The molecule has 143 heavy (non-hydrogen) atoms. The Morgan fingerprint density at radius 2 is 0.406 bits per heavy atom. The van der Waals surface area contributed by atoms with Crippen molar-refractivity contribution in [3.8, 4) is 66.8 Å². The van der Waals surface area contributed by atoms with Gasteiger partial charge in [-0.2, -0.15) is 0 Å². The van der Waals surface area contributed by atoms with Crippen LogP contribution < -0.4 is 19.6 Å². The van der Waals surface area contributed by atoms with Crippen LogP contribution in [0, 0.1) is 0 Å². The van der Waals surface area contributed by atoms with Crippen LogP contribution in [-0.2, 0) is 27.1 Å². The van der Waals surface area contributed by atoms with E-state index < -0.39 is 21.7 Å². The number of anilines is 12. The van der Waals surface area contributed by atoms with E-state index in [1.165, 1.54) is 190 Å². The van der Waals surface area contributed by atoms with Crippen LogP contribution in [0.1, 0.15) is 114 Å². The highest BCUT2D eigenvalue weighted by Gasteiger charge is 2.57. The van der Waals surface area contributed by atoms with Crippen molar-refractivity contribution in [3.05, 3.63) is 646 Å². The monoisotopic (exact) mass is 1820 g/mol. The molecule has 2 aliphatic heterocycles. The van der Waals surface area contributed by atoms with Gasteiger partial charge >= 0.3 is 0 Å². The Bertz CT molecular complexity index is 8640. The molecule has 0 atom stereocenters. The molecule has 0 radical (unpaired) electrons. The van der Waals surface area contributed by atoms with Gasteiger partial charge in [0.15, 0.2) is 0 Å². The van der Waals surface area contributed by atoms with E-state index >= 15 is 0 Å². The highest BCUT2D eigenvalue weighted by Crippen LogP contribution is 2.70. The van der Waals surface area contributed by atoms with Gasteiger partial charge in [-0.05, 0) is 265 Å². The first-order chi connectivity index (χ1) is 70.8. The maximum atomic E-state index is 2.59. The highest BCUT2D eigenvalue weighted by molar-refractivity contribution is 6.06. The minimum Gasteiger partial charge on any atom is -0.310 e. The van der Waals surface area contributed by atoms with Crippen LogP contribution in [0.15, 0.2) is 546 Å². The third kappa shape index (κ3) is 11.9. The predicted octanol–water partition coefficient (Wildman–Crippen LogP) is 35.3. The first-order valence-electron chi connectivity index (χ1n) is 50.0. The summed E-state index contributed by atoms with van der Waals surface area (Å²) in [5.41, 5.74) is 49.4. The minimum absolute atomic E-state index is 0.196. The summed E-state index contributed by atoms with van der Waals surface area (Å²) in [5, 5.41) is 0. The molecule has 0 amide bonds. The number of hydrogen-bond donors (Lipinski definition) is 0. The van der Waals surface area contributed by atoms with Crippen molar-refractivity contribution in [2.24, 2.45) is 0 Å². The Morgan fingerprint density at radius 1 is 0.161 bits per heavy atom. The summed E-state index contributed by atoms with van der Waals surface area (Å²) < 4.78 is 0. The zero-order valence-electron chi connectivity index (χ0n) is 79.3. The Hall–Kier alpha value is -18.0. The smallest absolute Gasteiger partial charge is 0.0755 e. The largest absolute Gasteiger partial charge is 0.310 e.